The first-order chi connectivity index (χ1) is 3.97. The summed E-state index contributed by atoms with van der Waals surface area (Å²) in [6, 6.07) is 0. The van der Waals surface area contributed by atoms with E-state index in [0.29, 0.717) is 0 Å². The molecule has 0 radical (unpaired) electrons. The van der Waals surface area contributed by atoms with Crippen molar-refractivity contribution in [3.63, 3.8) is 0 Å². The van der Waals surface area contributed by atoms with Crippen LogP contribution in [0.5, 0.6) is 0 Å². The zero-order valence-corrected chi connectivity index (χ0v) is 7.96. The molecule has 10 heavy (non-hydrogen) atoms. The zero-order chi connectivity index (χ0) is 7.91. The standard InChI is InChI=1S/C2H5O.Al.ClH2O4P/c1-2-3;;1-5-6(2,3)4/h2H2,1H3;;(H2,2,3,4)/q-1;+3;/p-2. The minimum absolute atomic E-state index is 0. The molecule has 0 aromatic carbocycles. The molecule has 0 aliphatic heterocycles. The van der Waals surface area contributed by atoms with Crippen molar-refractivity contribution in [2.75, 3.05) is 6.61 Å². The van der Waals surface area contributed by atoms with Gasteiger partial charge in [0.15, 0.2) is 0 Å². The Bertz CT molecular complexity index is 93.6. The van der Waals surface area contributed by atoms with Crippen LogP contribution in [0.15, 0.2) is 0 Å². The molecule has 8 heteroatoms. The van der Waals surface area contributed by atoms with Gasteiger partial charge in [0.25, 0.3) is 0 Å². The summed E-state index contributed by atoms with van der Waals surface area (Å²) < 4.78 is 12.0. The van der Waals surface area contributed by atoms with Gasteiger partial charge in [0, 0.05) is 0 Å². The van der Waals surface area contributed by atoms with Crippen LogP contribution in [0.25, 0.3) is 0 Å². The van der Waals surface area contributed by atoms with Crippen LogP contribution in [0.4, 0.5) is 0 Å². The first-order valence-electron chi connectivity index (χ1n) is 1.88. The Labute approximate surface area is 74.5 Å². The van der Waals surface area contributed by atoms with E-state index in [9.17, 15) is 0 Å². The predicted molar refractivity (Wildman–Crippen MR) is 30.8 cm³/mol. The third kappa shape index (κ3) is 36.6. The van der Waals surface area contributed by atoms with Gasteiger partial charge in [0.05, 0.1) is 19.7 Å². The maximum Gasteiger partial charge on any atom is 3.00 e. The molecular weight excluding hydrogens is 197 g/mol. The van der Waals surface area contributed by atoms with Gasteiger partial charge in [0.1, 0.15) is 0 Å². The van der Waals surface area contributed by atoms with E-state index in [1.807, 2.05) is 0 Å². The molecule has 0 atom stereocenters. The summed E-state index contributed by atoms with van der Waals surface area (Å²) in [5.74, 6) is 0. The summed E-state index contributed by atoms with van der Waals surface area (Å²) in [4.78, 5) is 18.2. The van der Waals surface area contributed by atoms with Gasteiger partial charge in [-0.3, -0.25) is 0 Å². The van der Waals surface area contributed by atoms with Crippen molar-refractivity contribution in [3.05, 3.63) is 0 Å². The second-order valence-corrected chi connectivity index (χ2v) is 2.25. The molecule has 0 unspecified atom stereocenters. The van der Waals surface area contributed by atoms with Gasteiger partial charge in [-0.2, -0.15) is 0 Å². The van der Waals surface area contributed by atoms with E-state index in [1.165, 1.54) is 0 Å². The van der Waals surface area contributed by atoms with Gasteiger partial charge < -0.3 is 19.5 Å². The fourth-order valence-corrected chi connectivity index (χ4v) is 0. The van der Waals surface area contributed by atoms with Crippen LogP contribution in [-0.2, 0) is 8.64 Å². The van der Waals surface area contributed by atoms with Gasteiger partial charge in [0.2, 0.25) is 0 Å². The van der Waals surface area contributed by atoms with Gasteiger partial charge in [-0.1, -0.05) is 6.92 Å². The number of halogens is 1. The first-order valence-corrected chi connectivity index (χ1v) is 3.65. The Morgan fingerprint density at radius 2 is 1.70 bits per heavy atom. The second-order valence-electron chi connectivity index (χ2n) is 0.805. The molecule has 0 bridgehead atoms. The molecule has 0 heterocycles. The van der Waals surface area contributed by atoms with E-state index in [2.05, 4.69) is 15.9 Å². The van der Waals surface area contributed by atoms with Crippen LogP contribution in [0.3, 0.4) is 0 Å². The van der Waals surface area contributed by atoms with Crippen LogP contribution in [0, 0.1) is 0 Å². The molecule has 5 nitrogen and oxygen atoms in total. The molecule has 0 spiro atoms. The van der Waals surface area contributed by atoms with Crippen LogP contribution in [0.1, 0.15) is 6.92 Å². The monoisotopic (exact) mass is 202 g/mol. The van der Waals surface area contributed by atoms with E-state index in [-0.39, 0.29) is 24.0 Å². The van der Waals surface area contributed by atoms with E-state index in [1.54, 1.807) is 6.92 Å². The van der Waals surface area contributed by atoms with Crippen molar-refractivity contribution >= 4 is 37.0 Å². The third-order valence-electron chi connectivity index (χ3n) is 0.0845. The van der Waals surface area contributed by atoms with Crippen molar-refractivity contribution in [2.45, 2.75) is 6.92 Å². The van der Waals surface area contributed by atoms with Crippen molar-refractivity contribution in [3.8, 4) is 0 Å². The maximum absolute atomic E-state index is 9.12. The van der Waals surface area contributed by atoms with Crippen LogP contribution < -0.4 is 14.9 Å². The van der Waals surface area contributed by atoms with Crippen LogP contribution in [-0.4, -0.2) is 24.0 Å². The summed E-state index contributed by atoms with van der Waals surface area (Å²) in [6.07, 6.45) is 0. The fourth-order valence-electron chi connectivity index (χ4n) is 0. The molecule has 0 fully saturated rings. The average molecular weight is 202 g/mol. The smallest absolute Gasteiger partial charge is 0.855 e. The summed E-state index contributed by atoms with van der Waals surface area (Å²) in [5, 5.41) is 8.93. The number of phosphoric acid groups is 1. The number of hydrogen-bond donors (Lipinski definition) is 0. The normalized spacial score (nSPS) is 8.90. The Hall–Kier alpha value is 0.892. The topological polar surface area (TPSA) is 95.5 Å². The molecule has 0 rings (SSSR count). The third-order valence-corrected chi connectivity index (χ3v) is 0.761. The fraction of sp³-hybridized carbons (Fsp3) is 1.00. The minimum Gasteiger partial charge on any atom is -0.855 e. The molecule has 58 valence electrons. The SMILES string of the molecule is CC[O-].O=P([O-])([O-])OCl.[Al+3]. The van der Waals surface area contributed by atoms with Gasteiger partial charge in [-0.15, -0.1) is 6.61 Å². The van der Waals surface area contributed by atoms with Crippen molar-refractivity contribution < 1.29 is 23.5 Å². The summed E-state index contributed by atoms with van der Waals surface area (Å²) >= 11 is 4.09. The maximum atomic E-state index is 9.12. The van der Waals surface area contributed by atoms with Crippen molar-refractivity contribution in [1.82, 2.24) is 0 Å². The minimum atomic E-state index is -4.88. The average Bonchev–Trinajstić information content (AvgIpc) is 1.67. The second kappa shape index (κ2) is 9.89. The van der Waals surface area contributed by atoms with E-state index in [4.69, 9.17) is 19.5 Å². The molecule has 0 N–H and O–H groups in total. The molecule has 0 aromatic heterocycles. The molecule has 0 saturated heterocycles. The Kier molecular flexibility index (Phi) is 16.9. The number of rotatable bonds is 1. The Morgan fingerprint density at radius 1 is 1.60 bits per heavy atom. The van der Waals surface area contributed by atoms with E-state index < -0.39 is 7.82 Å². The molecular formula is C2H5AlClO5P. The number of hydrogen-bond acceptors (Lipinski definition) is 5. The Morgan fingerprint density at radius 3 is 1.70 bits per heavy atom. The van der Waals surface area contributed by atoms with E-state index >= 15 is 0 Å². The molecule has 0 saturated carbocycles. The molecule has 0 aliphatic carbocycles. The molecule has 0 aromatic rings. The summed E-state index contributed by atoms with van der Waals surface area (Å²) in [5.41, 5.74) is 0. The van der Waals surface area contributed by atoms with E-state index in [0.717, 1.165) is 0 Å². The Balaban J connectivity index is -0.000000107. The summed E-state index contributed by atoms with van der Waals surface area (Å²) in [7, 11) is -4.88. The zero-order valence-electron chi connectivity index (χ0n) is 5.15. The van der Waals surface area contributed by atoms with Gasteiger partial charge in [-0.05, 0) is 0 Å². The van der Waals surface area contributed by atoms with Crippen LogP contribution in [0.2, 0.25) is 0 Å². The largest absolute Gasteiger partial charge is 3.00 e. The first kappa shape index (κ1) is 17.1. The summed E-state index contributed by atoms with van der Waals surface area (Å²) in [6.45, 7) is 1.57. The predicted octanol–water partition coefficient (Wildman–Crippen LogP) is -2.03. The van der Waals surface area contributed by atoms with Crippen molar-refractivity contribution in [2.24, 2.45) is 0 Å². The van der Waals surface area contributed by atoms with Gasteiger partial charge in [-0.25, -0.2) is 4.08 Å². The van der Waals surface area contributed by atoms with Gasteiger partial charge >= 0.3 is 17.4 Å². The van der Waals surface area contributed by atoms with Crippen LogP contribution >= 0.6 is 19.7 Å². The molecule has 0 amide bonds. The molecule has 0 aliphatic rings. The quantitative estimate of drug-likeness (QED) is 0.361. The van der Waals surface area contributed by atoms with Crippen molar-refractivity contribution in [1.29, 1.82) is 0 Å².